The van der Waals surface area contributed by atoms with E-state index in [1.165, 1.54) is 6.92 Å². The first-order chi connectivity index (χ1) is 5.91. The van der Waals surface area contributed by atoms with E-state index in [1.54, 1.807) is 0 Å². The molecule has 0 aliphatic heterocycles. The molecule has 0 aromatic carbocycles. The molecule has 4 heteroatoms. The van der Waals surface area contributed by atoms with Crippen LogP contribution in [0.25, 0.3) is 0 Å². The summed E-state index contributed by atoms with van der Waals surface area (Å²) in [5.74, 6) is -0.935. The van der Waals surface area contributed by atoms with Gasteiger partial charge in [-0.25, -0.2) is 4.79 Å². The minimum Gasteiger partial charge on any atom is -0.478 e. The van der Waals surface area contributed by atoms with E-state index in [0.29, 0.717) is 0 Å². The maximum absolute atomic E-state index is 9.60. The quantitative estimate of drug-likeness (QED) is 0.632. The molecule has 0 heterocycles. The number of hydrogen-bond acceptors (Lipinski definition) is 3. The molecular formula is C9H20N2O2. The molecule has 0 unspecified atom stereocenters. The van der Waals surface area contributed by atoms with Crippen LogP contribution >= 0.6 is 0 Å². The van der Waals surface area contributed by atoms with Gasteiger partial charge in [0.05, 0.1) is 0 Å². The number of carboxylic acids is 1. The monoisotopic (exact) mass is 188 g/mol. The average Bonchev–Trinajstić information content (AvgIpc) is 2.01. The van der Waals surface area contributed by atoms with E-state index >= 15 is 0 Å². The molecule has 13 heavy (non-hydrogen) atoms. The van der Waals surface area contributed by atoms with E-state index in [4.69, 9.17) is 10.8 Å². The second-order valence-electron chi connectivity index (χ2n) is 3.03. The Hall–Kier alpha value is -0.870. The van der Waals surface area contributed by atoms with Crippen LogP contribution in [0.2, 0.25) is 0 Å². The second kappa shape index (κ2) is 9.22. The van der Waals surface area contributed by atoms with Crippen LogP contribution < -0.4 is 5.73 Å². The molecule has 4 nitrogen and oxygen atoms in total. The SMILES string of the molecule is C=C(C)C(=O)O.CN(C)CCCN. The van der Waals surface area contributed by atoms with E-state index in [-0.39, 0.29) is 5.57 Å². The summed E-state index contributed by atoms with van der Waals surface area (Å²) in [6.07, 6.45) is 1.10. The smallest absolute Gasteiger partial charge is 0.330 e. The fourth-order valence-electron chi connectivity index (χ4n) is 0.408. The fraction of sp³-hybridized carbons (Fsp3) is 0.667. The highest BCUT2D eigenvalue weighted by Gasteiger charge is 1.90. The van der Waals surface area contributed by atoms with Crippen LogP contribution in [0.15, 0.2) is 12.2 Å². The highest BCUT2D eigenvalue weighted by molar-refractivity contribution is 5.84. The summed E-state index contributed by atoms with van der Waals surface area (Å²) in [6, 6.07) is 0. The van der Waals surface area contributed by atoms with Crippen molar-refractivity contribution in [3.05, 3.63) is 12.2 Å². The number of hydrogen-bond donors (Lipinski definition) is 2. The van der Waals surface area contributed by atoms with Crippen LogP contribution in [0.1, 0.15) is 13.3 Å². The van der Waals surface area contributed by atoms with Crippen LogP contribution in [0.3, 0.4) is 0 Å². The molecule has 0 aliphatic carbocycles. The van der Waals surface area contributed by atoms with E-state index in [2.05, 4.69) is 25.6 Å². The molecule has 0 amide bonds. The standard InChI is InChI=1S/C5H14N2.C4H6O2/c1-7(2)5-3-4-6;1-3(2)4(5)6/h3-6H2,1-2H3;1H2,2H3,(H,5,6). The van der Waals surface area contributed by atoms with Gasteiger partial charge in [0.25, 0.3) is 0 Å². The third kappa shape index (κ3) is 18.2. The molecule has 0 atom stereocenters. The maximum atomic E-state index is 9.60. The van der Waals surface area contributed by atoms with Crippen LogP contribution in [0, 0.1) is 0 Å². The van der Waals surface area contributed by atoms with Crippen LogP contribution in [-0.4, -0.2) is 43.2 Å². The topological polar surface area (TPSA) is 66.6 Å². The Morgan fingerprint density at radius 2 is 1.92 bits per heavy atom. The van der Waals surface area contributed by atoms with Crippen molar-refractivity contribution in [2.45, 2.75) is 13.3 Å². The van der Waals surface area contributed by atoms with Gasteiger partial charge in [-0.3, -0.25) is 0 Å². The predicted molar refractivity (Wildman–Crippen MR) is 54.7 cm³/mol. The molecule has 3 N–H and O–H groups in total. The minimum atomic E-state index is -0.935. The summed E-state index contributed by atoms with van der Waals surface area (Å²) in [6.45, 7) is 6.51. The van der Waals surface area contributed by atoms with E-state index in [1.807, 2.05) is 0 Å². The van der Waals surface area contributed by atoms with Gasteiger partial charge in [0.1, 0.15) is 0 Å². The molecule has 78 valence electrons. The lowest BCUT2D eigenvalue weighted by Gasteiger charge is -2.05. The first kappa shape index (κ1) is 14.6. The molecule has 0 rings (SSSR count). The normalized spacial score (nSPS) is 9.00. The Morgan fingerprint density at radius 3 is 2.00 bits per heavy atom. The Balaban J connectivity index is 0. The zero-order chi connectivity index (χ0) is 10.9. The van der Waals surface area contributed by atoms with Crippen molar-refractivity contribution in [1.29, 1.82) is 0 Å². The first-order valence-electron chi connectivity index (χ1n) is 4.15. The predicted octanol–water partition coefficient (Wildman–Crippen LogP) is 0.544. The number of rotatable bonds is 4. The Bertz CT molecular complexity index is 144. The van der Waals surface area contributed by atoms with Gasteiger partial charge in [-0.1, -0.05) is 6.58 Å². The van der Waals surface area contributed by atoms with Crippen molar-refractivity contribution >= 4 is 5.97 Å². The number of aliphatic carboxylic acids is 1. The third-order valence-corrected chi connectivity index (χ3v) is 1.17. The number of carboxylic acid groups (broad SMARTS) is 1. The van der Waals surface area contributed by atoms with Gasteiger partial charge in [0.15, 0.2) is 0 Å². The number of nitrogens with zero attached hydrogens (tertiary/aromatic N) is 1. The van der Waals surface area contributed by atoms with Gasteiger partial charge < -0.3 is 15.7 Å². The van der Waals surface area contributed by atoms with E-state index < -0.39 is 5.97 Å². The summed E-state index contributed by atoms with van der Waals surface area (Å²) in [5.41, 5.74) is 5.43. The van der Waals surface area contributed by atoms with E-state index in [9.17, 15) is 4.79 Å². The highest BCUT2D eigenvalue weighted by Crippen LogP contribution is 1.81. The summed E-state index contributed by atoms with van der Waals surface area (Å²) in [4.78, 5) is 11.7. The molecule has 0 aromatic heterocycles. The molecule has 0 spiro atoms. The van der Waals surface area contributed by atoms with Crippen molar-refractivity contribution < 1.29 is 9.90 Å². The van der Waals surface area contributed by atoms with Crippen LogP contribution in [0.5, 0.6) is 0 Å². The second-order valence-corrected chi connectivity index (χ2v) is 3.03. The van der Waals surface area contributed by atoms with Gasteiger partial charge in [0, 0.05) is 5.57 Å². The van der Waals surface area contributed by atoms with Gasteiger partial charge in [-0.15, -0.1) is 0 Å². The fourth-order valence-corrected chi connectivity index (χ4v) is 0.408. The molecule has 0 aromatic rings. The summed E-state index contributed by atoms with van der Waals surface area (Å²) < 4.78 is 0. The molecule has 0 fully saturated rings. The van der Waals surface area contributed by atoms with Crippen molar-refractivity contribution in [3.63, 3.8) is 0 Å². The van der Waals surface area contributed by atoms with Gasteiger partial charge >= 0.3 is 5.97 Å². The van der Waals surface area contributed by atoms with Gasteiger partial charge in [0.2, 0.25) is 0 Å². The largest absolute Gasteiger partial charge is 0.478 e. The average molecular weight is 188 g/mol. The molecule has 0 radical (unpaired) electrons. The summed E-state index contributed by atoms with van der Waals surface area (Å²) >= 11 is 0. The van der Waals surface area contributed by atoms with E-state index in [0.717, 1.165) is 19.5 Å². The molecule has 0 bridgehead atoms. The molecule has 0 saturated carbocycles. The van der Waals surface area contributed by atoms with Crippen molar-refractivity contribution in [2.24, 2.45) is 5.73 Å². The van der Waals surface area contributed by atoms with Crippen molar-refractivity contribution in [1.82, 2.24) is 4.90 Å². The Morgan fingerprint density at radius 1 is 1.54 bits per heavy atom. The van der Waals surface area contributed by atoms with Crippen molar-refractivity contribution in [3.8, 4) is 0 Å². The highest BCUT2D eigenvalue weighted by atomic mass is 16.4. The maximum Gasteiger partial charge on any atom is 0.330 e. The zero-order valence-electron chi connectivity index (χ0n) is 8.71. The summed E-state index contributed by atoms with van der Waals surface area (Å²) in [7, 11) is 4.10. The van der Waals surface area contributed by atoms with Crippen LogP contribution in [0.4, 0.5) is 0 Å². The molecule has 0 saturated heterocycles. The van der Waals surface area contributed by atoms with Gasteiger partial charge in [-0.2, -0.15) is 0 Å². The lowest BCUT2D eigenvalue weighted by Crippen LogP contribution is -2.16. The lowest BCUT2D eigenvalue weighted by molar-refractivity contribution is -0.132. The molecular weight excluding hydrogens is 168 g/mol. The van der Waals surface area contributed by atoms with Crippen molar-refractivity contribution in [2.75, 3.05) is 27.2 Å². The zero-order valence-corrected chi connectivity index (χ0v) is 8.71. The Labute approximate surface area is 80.0 Å². The number of carbonyl (C=O) groups is 1. The summed E-state index contributed by atoms with van der Waals surface area (Å²) in [5, 5.41) is 7.89. The minimum absolute atomic E-state index is 0.176. The first-order valence-corrected chi connectivity index (χ1v) is 4.15. The van der Waals surface area contributed by atoms with Gasteiger partial charge in [-0.05, 0) is 40.5 Å². The number of nitrogens with two attached hydrogens (primary N) is 1. The molecule has 0 aliphatic rings. The third-order valence-electron chi connectivity index (χ3n) is 1.17. The van der Waals surface area contributed by atoms with Crippen LogP contribution in [-0.2, 0) is 4.79 Å². The lowest BCUT2D eigenvalue weighted by atomic mass is 10.4. The Kier molecular flexibility index (Phi) is 10.4.